The van der Waals surface area contributed by atoms with Crippen molar-refractivity contribution < 1.29 is 18.0 Å². The maximum Gasteiger partial charge on any atom is 0.416 e. The predicted molar refractivity (Wildman–Crippen MR) is 161 cm³/mol. The first kappa shape index (κ1) is 30.0. The molecule has 13 heteroatoms. The standard InChI is InChI=1S/C30H34F3N9O/c1-20-7-8-23(38-29(43)21-5-4-6-22(15-21)30(31,32)33)16-25(20)39-28-24(18-37-41(28)3)26-17-27(36-19-35-26)34-9-10-42-13-11-40(2)12-14-42/h4-8,15-19,39H,9-14H2,1-3H3,(H,38,43)(H,34,35,36). The van der Waals surface area contributed by atoms with Crippen LogP contribution in [0.15, 0.2) is 61.1 Å². The summed E-state index contributed by atoms with van der Waals surface area (Å²) in [6.45, 7) is 7.83. The zero-order valence-corrected chi connectivity index (χ0v) is 24.2. The summed E-state index contributed by atoms with van der Waals surface area (Å²) in [5.41, 5.74) is 2.46. The lowest BCUT2D eigenvalue weighted by Crippen LogP contribution is -2.45. The van der Waals surface area contributed by atoms with Crippen molar-refractivity contribution in [1.29, 1.82) is 0 Å². The van der Waals surface area contributed by atoms with Crippen molar-refractivity contribution in [2.75, 3.05) is 62.3 Å². The van der Waals surface area contributed by atoms with E-state index in [9.17, 15) is 18.0 Å². The third kappa shape index (κ3) is 7.48. The number of hydrogen-bond acceptors (Lipinski definition) is 8. The van der Waals surface area contributed by atoms with E-state index in [0.29, 0.717) is 28.7 Å². The highest BCUT2D eigenvalue weighted by atomic mass is 19.4. The van der Waals surface area contributed by atoms with E-state index in [0.717, 1.165) is 62.5 Å². The lowest BCUT2D eigenvalue weighted by atomic mass is 10.1. The molecule has 0 saturated carbocycles. The number of halogens is 3. The van der Waals surface area contributed by atoms with E-state index < -0.39 is 17.6 Å². The van der Waals surface area contributed by atoms with Crippen LogP contribution in [0.4, 0.5) is 36.2 Å². The van der Waals surface area contributed by atoms with Gasteiger partial charge < -0.3 is 20.9 Å². The number of amides is 1. The number of anilines is 4. The van der Waals surface area contributed by atoms with Gasteiger partial charge in [-0.25, -0.2) is 9.97 Å². The Labute approximate surface area is 247 Å². The fourth-order valence-electron chi connectivity index (χ4n) is 4.79. The van der Waals surface area contributed by atoms with Gasteiger partial charge in [-0.3, -0.25) is 14.4 Å². The largest absolute Gasteiger partial charge is 0.416 e. The molecule has 1 saturated heterocycles. The van der Waals surface area contributed by atoms with E-state index in [1.165, 1.54) is 18.5 Å². The van der Waals surface area contributed by atoms with Gasteiger partial charge in [0.25, 0.3) is 5.91 Å². The molecular formula is C30H34F3N9O. The van der Waals surface area contributed by atoms with Crippen LogP contribution < -0.4 is 16.0 Å². The van der Waals surface area contributed by atoms with Crippen LogP contribution >= 0.6 is 0 Å². The van der Waals surface area contributed by atoms with Crippen LogP contribution in [0, 0.1) is 6.92 Å². The van der Waals surface area contributed by atoms with Gasteiger partial charge >= 0.3 is 6.18 Å². The average molecular weight is 594 g/mol. The smallest absolute Gasteiger partial charge is 0.369 e. The van der Waals surface area contributed by atoms with Gasteiger partial charge in [0.1, 0.15) is 18.0 Å². The molecule has 10 nitrogen and oxygen atoms in total. The maximum atomic E-state index is 13.1. The third-order valence-electron chi connectivity index (χ3n) is 7.41. The van der Waals surface area contributed by atoms with Gasteiger partial charge in [0.2, 0.25) is 0 Å². The van der Waals surface area contributed by atoms with E-state index in [1.54, 1.807) is 30.1 Å². The Hall–Kier alpha value is -4.49. The number of carbonyl (C=O) groups excluding carboxylic acids is 1. The lowest BCUT2D eigenvalue weighted by Gasteiger charge is -2.32. The maximum absolute atomic E-state index is 13.1. The minimum absolute atomic E-state index is 0.0875. The Morgan fingerprint density at radius 1 is 1.00 bits per heavy atom. The lowest BCUT2D eigenvalue weighted by molar-refractivity contribution is -0.137. The number of aryl methyl sites for hydroxylation is 2. The van der Waals surface area contributed by atoms with Crippen molar-refractivity contribution in [3.63, 3.8) is 0 Å². The summed E-state index contributed by atoms with van der Waals surface area (Å²) in [4.78, 5) is 26.4. The first-order valence-electron chi connectivity index (χ1n) is 13.9. The molecule has 3 heterocycles. The van der Waals surface area contributed by atoms with Gasteiger partial charge in [0, 0.05) is 69.3 Å². The van der Waals surface area contributed by atoms with Crippen molar-refractivity contribution in [1.82, 2.24) is 29.5 Å². The van der Waals surface area contributed by atoms with Gasteiger partial charge in [-0.2, -0.15) is 18.3 Å². The van der Waals surface area contributed by atoms with Gasteiger partial charge in [-0.1, -0.05) is 12.1 Å². The Kier molecular flexibility index (Phi) is 8.92. The summed E-state index contributed by atoms with van der Waals surface area (Å²) in [6.07, 6.45) is -1.31. The van der Waals surface area contributed by atoms with Crippen molar-refractivity contribution in [3.8, 4) is 11.3 Å². The Morgan fingerprint density at radius 2 is 1.79 bits per heavy atom. The van der Waals surface area contributed by atoms with E-state index in [2.05, 4.69) is 47.9 Å². The summed E-state index contributed by atoms with van der Waals surface area (Å²) in [5, 5.41) is 13.9. The van der Waals surface area contributed by atoms with Crippen molar-refractivity contribution in [2.24, 2.45) is 7.05 Å². The minimum atomic E-state index is -4.54. The summed E-state index contributed by atoms with van der Waals surface area (Å²) in [7, 11) is 3.94. The highest BCUT2D eigenvalue weighted by molar-refractivity contribution is 6.04. The summed E-state index contributed by atoms with van der Waals surface area (Å²) < 4.78 is 41.0. The molecule has 1 aliphatic heterocycles. The van der Waals surface area contributed by atoms with E-state index in [1.807, 2.05) is 19.1 Å². The normalized spacial score (nSPS) is 14.5. The summed E-state index contributed by atoms with van der Waals surface area (Å²) in [5.74, 6) is 0.742. The zero-order chi connectivity index (χ0) is 30.6. The van der Waals surface area contributed by atoms with Crippen molar-refractivity contribution >= 4 is 28.9 Å². The van der Waals surface area contributed by atoms with Gasteiger partial charge in [0.15, 0.2) is 0 Å². The molecule has 0 spiro atoms. The molecule has 43 heavy (non-hydrogen) atoms. The number of nitrogens with zero attached hydrogens (tertiary/aromatic N) is 6. The molecule has 1 fully saturated rings. The number of piperazine rings is 1. The molecule has 2 aromatic carbocycles. The summed E-state index contributed by atoms with van der Waals surface area (Å²) in [6, 6.07) is 11.4. The topological polar surface area (TPSA) is 103 Å². The zero-order valence-electron chi connectivity index (χ0n) is 24.2. The monoisotopic (exact) mass is 593 g/mol. The van der Waals surface area contributed by atoms with Gasteiger partial charge in [-0.05, 0) is 49.9 Å². The van der Waals surface area contributed by atoms with Crippen LogP contribution in [0.1, 0.15) is 21.5 Å². The number of rotatable bonds is 9. The number of benzene rings is 2. The Bertz CT molecular complexity index is 1580. The van der Waals surface area contributed by atoms with Crippen LogP contribution in [0.2, 0.25) is 0 Å². The minimum Gasteiger partial charge on any atom is -0.369 e. The van der Waals surface area contributed by atoms with E-state index in [-0.39, 0.29) is 5.56 Å². The SMILES string of the molecule is Cc1ccc(NC(=O)c2cccc(C(F)(F)F)c2)cc1Nc1c(-c2cc(NCCN3CCN(C)CC3)ncn2)cnn1C. The molecule has 2 aromatic heterocycles. The molecular weight excluding hydrogens is 559 g/mol. The van der Waals surface area contributed by atoms with Crippen LogP contribution in [-0.4, -0.2) is 81.8 Å². The van der Waals surface area contributed by atoms with Crippen LogP contribution in [0.25, 0.3) is 11.3 Å². The molecule has 0 aliphatic carbocycles. The number of carbonyl (C=O) groups is 1. The van der Waals surface area contributed by atoms with Gasteiger partial charge in [0.05, 0.1) is 23.0 Å². The predicted octanol–water partition coefficient (Wildman–Crippen LogP) is 4.86. The molecule has 0 atom stereocenters. The van der Waals surface area contributed by atoms with Crippen LogP contribution in [0.3, 0.4) is 0 Å². The number of aromatic nitrogens is 4. The fourth-order valence-corrected chi connectivity index (χ4v) is 4.79. The molecule has 5 rings (SSSR count). The Balaban J connectivity index is 1.29. The number of hydrogen-bond donors (Lipinski definition) is 3. The second-order valence-electron chi connectivity index (χ2n) is 10.6. The first-order chi connectivity index (χ1) is 20.6. The Morgan fingerprint density at radius 3 is 2.56 bits per heavy atom. The highest BCUT2D eigenvalue weighted by Gasteiger charge is 2.31. The number of likely N-dealkylation sites (N-methyl/N-ethyl adjacent to an activating group) is 1. The van der Waals surface area contributed by atoms with E-state index in [4.69, 9.17) is 0 Å². The number of alkyl halides is 3. The molecule has 0 radical (unpaired) electrons. The molecule has 0 bridgehead atoms. The second-order valence-corrected chi connectivity index (χ2v) is 10.6. The van der Waals surface area contributed by atoms with E-state index >= 15 is 0 Å². The molecule has 0 unspecified atom stereocenters. The molecule has 1 aliphatic rings. The fraction of sp³-hybridized carbons (Fsp3) is 0.333. The number of nitrogens with one attached hydrogen (secondary N) is 3. The van der Waals surface area contributed by atoms with Crippen LogP contribution in [-0.2, 0) is 13.2 Å². The van der Waals surface area contributed by atoms with Gasteiger partial charge in [-0.15, -0.1) is 0 Å². The average Bonchev–Trinajstić information content (AvgIpc) is 3.35. The first-order valence-corrected chi connectivity index (χ1v) is 13.9. The third-order valence-corrected chi connectivity index (χ3v) is 7.41. The molecule has 3 N–H and O–H groups in total. The second kappa shape index (κ2) is 12.8. The summed E-state index contributed by atoms with van der Waals surface area (Å²) >= 11 is 0. The molecule has 4 aromatic rings. The highest BCUT2D eigenvalue weighted by Crippen LogP contribution is 2.32. The molecule has 226 valence electrons. The molecule has 1 amide bonds. The van der Waals surface area contributed by atoms with Crippen molar-refractivity contribution in [2.45, 2.75) is 13.1 Å². The quantitative estimate of drug-likeness (QED) is 0.253. The van der Waals surface area contributed by atoms with Crippen LogP contribution in [0.5, 0.6) is 0 Å². The van der Waals surface area contributed by atoms with Crippen molar-refractivity contribution in [3.05, 3.63) is 77.7 Å².